The van der Waals surface area contributed by atoms with Crippen molar-refractivity contribution in [2.24, 2.45) is 0 Å². The smallest absolute Gasteiger partial charge is 0.328 e. The highest BCUT2D eigenvalue weighted by atomic mass is 79.9. The SMILES string of the molecule is COC(=O)C(Cc1ccc(-c2ccccc2Oc2ccccc2)cc1)NC(=O)c1cc(Br)ccc1OC1CCCCC1. The molecule has 0 heterocycles. The van der Waals surface area contributed by atoms with E-state index in [1.807, 2.05) is 84.9 Å². The standard InChI is InChI=1S/C35H34BrNO5/c1-40-35(39)31(37-34(38)30-23-26(36)20-21-33(30)42-28-12-6-3-7-13-28)22-24-16-18-25(19-17-24)29-14-8-9-15-32(29)41-27-10-4-2-5-11-27/h2,4-5,8-11,14-21,23,28,31H,3,6-7,12-13,22H2,1H3,(H,37,38). The van der Waals surface area contributed by atoms with E-state index >= 15 is 0 Å². The monoisotopic (exact) mass is 627 g/mol. The number of ether oxygens (including phenoxy) is 3. The average molecular weight is 629 g/mol. The lowest BCUT2D eigenvalue weighted by atomic mass is 9.97. The number of para-hydroxylation sites is 2. The summed E-state index contributed by atoms with van der Waals surface area (Å²) in [6.45, 7) is 0. The zero-order valence-electron chi connectivity index (χ0n) is 23.6. The molecule has 5 rings (SSSR count). The molecule has 0 aromatic heterocycles. The van der Waals surface area contributed by atoms with Crippen LogP contribution in [-0.4, -0.2) is 31.1 Å². The van der Waals surface area contributed by atoms with Gasteiger partial charge in [0.05, 0.1) is 18.8 Å². The summed E-state index contributed by atoms with van der Waals surface area (Å²) in [5, 5.41) is 2.89. The first-order chi connectivity index (χ1) is 20.5. The maximum Gasteiger partial charge on any atom is 0.328 e. The number of amides is 1. The molecule has 42 heavy (non-hydrogen) atoms. The fourth-order valence-corrected chi connectivity index (χ4v) is 5.54. The first kappa shape index (κ1) is 29.4. The predicted molar refractivity (Wildman–Crippen MR) is 167 cm³/mol. The van der Waals surface area contributed by atoms with Crippen molar-refractivity contribution in [3.05, 3.63) is 113 Å². The Balaban J connectivity index is 1.31. The highest BCUT2D eigenvalue weighted by Crippen LogP contribution is 2.33. The molecule has 1 atom stereocenters. The van der Waals surface area contributed by atoms with Crippen LogP contribution in [-0.2, 0) is 16.0 Å². The van der Waals surface area contributed by atoms with Gasteiger partial charge in [0.25, 0.3) is 5.91 Å². The van der Waals surface area contributed by atoms with E-state index in [0.717, 1.165) is 58.3 Å². The van der Waals surface area contributed by atoms with Gasteiger partial charge < -0.3 is 19.5 Å². The van der Waals surface area contributed by atoms with Gasteiger partial charge in [-0.3, -0.25) is 4.79 Å². The number of hydrogen-bond donors (Lipinski definition) is 1. The van der Waals surface area contributed by atoms with E-state index in [9.17, 15) is 9.59 Å². The van der Waals surface area contributed by atoms with Gasteiger partial charge >= 0.3 is 5.97 Å². The molecule has 0 spiro atoms. The molecular formula is C35H34BrNO5. The fourth-order valence-electron chi connectivity index (χ4n) is 5.18. The van der Waals surface area contributed by atoms with Crippen molar-refractivity contribution in [3.8, 4) is 28.4 Å². The van der Waals surface area contributed by atoms with Crippen LogP contribution in [0.25, 0.3) is 11.1 Å². The number of nitrogens with one attached hydrogen (secondary N) is 1. The summed E-state index contributed by atoms with van der Waals surface area (Å²) >= 11 is 3.47. The van der Waals surface area contributed by atoms with Gasteiger partial charge in [0.15, 0.2) is 0 Å². The molecule has 0 radical (unpaired) electrons. The number of rotatable bonds is 10. The van der Waals surface area contributed by atoms with Gasteiger partial charge in [-0.2, -0.15) is 0 Å². The molecule has 1 saturated carbocycles. The molecule has 1 fully saturated rings. The molecule has 4 aromatic carbocycles. The Morgan fingerprint density at radius 3 is 2.31 bits per heavy atom. The molecule has 4 aromatic rings. The summed E-state index contributed by atoms with van der Waals surface area (Å²) in [4.78, 5) is 26.2. The lowest BCUT2D eigenvalue weighted by molar-refractivity contribution is -0.142. The van der Waals surface area contributed by atoms with E-state index in [0.29, 0.717) is 11.3 Å². The predicted octanol–water partition coefficient (Wildman–Crippen LogP) is 8.13. The van der Waals surface area contributed by atoms with E-state index < -0.39 is 12.0 Å². The molecule has 1 unspecified atom stereocenters. The Bertz CT molecular complexity index is 1500. The Morgan fingerprint density at radius 2 is 1.57 bits per heavy atom. The summed E-state index contributed by atoms with van der Waals surface area (Å²) < 4.78 is 18.2. The normalized spacial score (nSPS) is 14.0. The van der Waals surface area contributed by atoms with Crippen molar-refractivity contribution < 1.29 is 23.8 Å². The second kappa shape index (κ2) is 14.2. The highest BCUT2D eigenvalue weighted by Gasteiger charge is 2.26. The number of benzene rings is 4. The largest absolute Gasteiger partial charge is 0.490 e. The van der Waals surface area contributed by atoms with Gasteiger partial charge in [0.2, 0.25) is 0 Å². The van der Waals surface area contributed by atoms with Crippen LogP contribution in [0.15, 0.2) is 102 Å². The van der Waals surface area contributed by atoms with Crippen molar-refractivity contribution in [2.75, 3.05) is 7.11 Å². The van der Waals surface area contributed by atoms with Crippen molar-refractivity contribution in [3.63, 3.8) is 0 Å². The Kier molecular flexibility index (Phi) is 9.93. The summed E-state index contributed by atoms with van der Waals surface area (Å²) in [6.07, 6.45) is 5.76. The molecule has 1 amide bonds. The van der Waals surface area contributed by atoms with Gasteiger partial charge in [0, 0.05) is 16.5 Å². The Hall–Kier alpha value is -4.10. The molecule has 6 nitrogen and oxygen atoms in total. The second-order valence-corrected chi connectivity index (χ2v) is 11.3. The molecule has 1 aliphatic rings. The van der Waals surface area contributed by atoms with E-state index in [4.69, 9.17) is 14.2 Å². The van der Waals surface area contributed by atoms with Crippen LogP contribution in [0.3, 0.4) is 0 Å². The summed E-state index contributed by atoms with van der Waals surface area (Å²) in [7, 11) is 1.32. The minimum atomic E-state index is -0.872. The van der Waals surface area contributed by atoms with Crippen LogP contribution in [0, 0.1) is 0 Å². The molecule has 0 aliphatic heterocycles. The first-order valence-corrected chi connectivity index (χ1v) is 15.1. The zero-order chi connectivity index (χ0) is 29.3. The molecule has 1 aliphatic carbocycles. The van der Waals surface area contributed by atoms with Crippen LogP contribution in [0.2, 0.25) is 0 Å². The van der Waals surface area contributed by atoms with Crippen molar-refractivity contribution >= 4 is 27.8 Å². The third kappa shape index (κ3) is 7.59. The topological polar surface area (TPSA) is 73.9 Å². The van der Waals surface area contributed by atoms with Gasteiger partial charge in [-0.25, -0.2) is 4.79 Å². The molecule has 1 N–H and O–H groups in total. The average Bonchev–Trinajstić information content (AvgIpc) is 3.03. The summed E-state index contributed by atoms with van der Waals surface area (Å²) in [6, 6.07) is 29.9. The van der Waals surface area contributed by atoms with Gasteiger partial charge in [0.1, 0.15) is 23.3 Å². The lowest BCUT2D eigenvalue weighted by Crippen LogP contribution is -2.43. The second-order valence-electron chi connectivity index (χ2n) is 10.4. The number of carbonyl (C=O) groups is 2. The van der Waals surface area contributed by atoms with Gasteiger partial charge in [-0.1, -0.05) is 83.0 Å². The lowest BCUT2D eigenvalue weighted by Gasteiger charge is -2.24. The number of halogens is 1. The number of esters is 1. The third-order valence-corrected chi connectivity index (χ3v) is 7.88. The van der Waals surface area contributed by atoms with E-state index in [1.165, 1.54) is 13.5 Å². The first-order valence-electron chi connectivity index (χ1n) is 14.3. The highest BCUT2D eigenvalue weighted by molar-refractivity contribution is 9.10. The molecule has 7 heteroatoms. The Labute approximate surface area is 255 Å². The minimum Gasteiger partial charge on any atom is -0.490 e. The van der Waals surface area contributed by atoms with E-state index in [-0.39, 0.29) is 18.4 Å². The summed E-state index contributed by atoms with van der Waals surface area (Å²) in [5.74, 6) is 1.12. The fraction of sp³-hybridized carbons (Fsp3) is 0.257. The minimum absolute atomic E-state index is 0.0876. The third-order valence-electron chi connectivity index (χ3n) is 7.39. The molecular weight excluding hydrogens is 594 g/mol. The van der Waals surface area contributed by atoms with E-state index in [1.54, 1.807) is 12.1 Å². The van der Waals surface area contributed by atoms with Gasteiger partial charge in [-0.05, 0) is 73.2 Å². The van der Waals surface area contributed by atoms with Crippen LogP contribution in [0.5, 0.6) is 17.2 Å². The number of methoxy groups -OCH3 is 1. The Morgan fingerprint density at radius 1 is 0.857 bits per heavy atom. The maximum absolute atomic E-state index is 13.5. The maximum atomic E-state index is 13.5. The van der Waals surface area contributed by atoms with Gasteiger partial charge in [-0.15, -0.1) is 0 Å². The molecule has 216 valence electrons. The van der Waals surface area contributed by atoms with Crippen LogP contribution in [0.4, 0.5) is 0 Å². The number of hydrogen-bond acceptors (Lipinski definition) is 5. The quantitative estimate of drug-likeness (QED) is 0.180. The van der Waals surface area contributed by atoms with Crippen molar-refractivity contribution in [2.45, 2.75) is 50.7 Å². The molecule has 0 bridgehead atoms. The van der Waals surface area contributed by atoms with Crippen LogP contribution >= 0.6 is 15.9 Å². The summed E-state index contributed by atoms with van der Waals surface area (Å²) in [5.41, 5.74) is 3.19. The van der Waals surface area contributed by atoms with Crippen LogP contribution < -0.4 is 14.8 Å². The molecule has 0 saturated heterocycles. The number of carbonyl (C=O) groups excluding carboxylic acids is 2. The van der Waals surface area contributed by atoms with Crippen LogP contribution in [0.1, 0.15) is 48.0 Å². The van der Waals surface area contributed by atoms with E-state index in [2.05, 4.69) is 21.2 Å². The zero-order valence-corrected chi connectivity index (χ0v) is 25.1. The van der Waals surface area contributed by atoms with Crippen molar-refractivity contribution in [1.82, 2.24) is 5.32 Å². The van der Waals surface area contributed by atoms with Crippen molar-refractivity contribution in [1.29, 1.82) is 0 Å².